The van der Waals surface area contributed by atoms with Crippen molar-refractivity contribution in [3.63, 3.8) is 0 Å². The van der Waals surface area contributed by atoms with E-state index in [0.29, 0.717) is 24.9 Å². The molecule has 1 aromatic heterocycles. The molecule has 0 radical (unpaired) electrons. The summed E-state index contributed by atoms with van der Waals surface area (Å²) in [5.41, 5.74) is 3.34. The monoisotopic (exact) mass is 535 g/mol. The summed E-state index contributed by atoms with van der Waals surface area (Å²) >= 11 is 0. The fourth-order valence-electron chi connectivity index (χ4n) is 6.72. The molecule has 1 saturated heterocycles. The van der Waals surface area contributed by atoms with Crippen molar-refractivity contribution < 1.29 is 19.2 Å². The Morgan fingerprint density at radius 2 is 1.82 bits per heavy atom. The number of nitrogens with one attached hydrogen (secondary N) is 3. The van der Waals surface area contributed by atoms with Crippen molar-refractivity contribution in [1.29, 1.82) is 0 Å². The van der Waals surface area contributed by atoms with Crippen LogP contribution < -0.4 is 16.0 Å². The molecule has 1 saturated carbocycles. The van der Waals surface area contributed by atoms with Crippen LogP contribution in [-0.4, -0.2) is 64.7 Å². The van der Waals surface area contributed by atoms with Crippen molar-refractivity contribution in [3.8, 4) is 0 Å². The number of benzene rings is 1. The number of carbonyl (C=O) groups excluding carboxylic acids is 4. The number of aromatic nitrogens is 1. The molecular weight excluding hydrogens is 494 g/mol. The van der Waals surface area contributed by atoms with Gasteiger partial charge < -0.3 is 25.4 Å². The zero-order chi connectivity index (χ0) is 27.9. The summed E-state index contributed by atoms with van der Waals surface area (Å²) in [5, 5.41) is 10.2. The topological polar surface area (TPSA) is 113 Å². The van der Waals surface area contributed by atoms with E-state index in [0.717, 1.165) is 60.7 Å². The molecule has 39 heavy (non-hydrogen) atoms. The van der Waals surface area contributed by atoms with Gasteiger partial charge in [-0.15, -0.1) is 0 Å². The zero-order valence-electron chi connectivity index (χ0n) is 23.6. The van der Waals surface area contributed by atoms with E-state index in [1.54, 1.807) is 18.9 Å². The highest BCUT2D eigenvalue weighted by Gasteiger charge is 2.66. The number of rotatable bonds is 4. The lowest BCUT2D eigenvalue weighted by atomic mass is 9.98. The van der Waals surface area contributed by atoms with Gasteiger partial charge in [0, 0.05) is 60.3 Å². The number of nitrogens with zero attached hydrogens (tertiary/aromatic N) is 2. The van der Waals surface area contributed by atoms with Crippen molar-refractivity contribution >= 4 is 40.1 Å². The van der Waals surface area contributed by atoms with Crippen molar-refractivity contribution in [1.82, 2.24) is 20.1 Å². The minimum absolute atomic E-state index is 0.0395. The van der Waals surface area contributed by atoms with Crippen molar-refractivity contribution in [2.45, 2.75) is 96.8 Å². The largest absolute Gasteiger partial charge is 0.383 e. The predicted octanol–water partition coefficient (Wildman–Crippen LogP) is 3.39. The Morgan fingerprint density at radius 3 is 2.51 bits per heavy atom. The summed E-state index contributed by atoms with van der Waals surface area (Å²) in [7, 11) is 1.59. The second-order valence-corrected chi connectivity index (χ2v) is 12.0. The van der Waals surface area contributed by atoms with E-state index >= 15 is 0 Å². The number of amides is 3. The number of likely N-dealkylation sites (N-methyl/N-ethyl adjacent to an activating group) is 1. The van der Waals surface area contributed by atoms with Crippen LogP contribution in [0.4, 0.5) is 5.69 Å². The molecule has 5 rings (SSSR count). The highest BCUT2D eigenvalue weighted by Crippen LogP contribution is 2.59. The van der Waals surface area contributed by atoms with E-state index < -0.39 is 6.04 Å². The van der Waals surface area contributed by atoms with E-state index in [1.807, 2.05) is 16.8 Å². The molecular formula is C30H41N5O4. The third-order valence-corrected chi connectivity index (χ3v) is 8.68. The maximum atomic E-state index is 13.9. The molecule has 3 heterocycles. The second-order valence-electron chi connectivity index (χ2n) is 12.0. The van der Waals surface area contributed by atoms with E-state index in [4.69, 9.17) is 0 Å². The maximum Gasteiger partial charge on any atom is 0.243 e. The molecule has 210 valence electrons. The fourth-order valence-corrected chi connectivity index (χ4v) is 6.72. The quantitative estimate of drug-likeness (QED) is 0.520. The van der Waals surface area contributed by atoms with Crippen LogP contribution in [0.25, 0.3) is 10.9 Å². The molecule has 3 N–H and O–H groups in total. The Kier molecular flexibility index (Phi) is 7.44. The van der Waals surface area contributed by atoms with Crippen molar-refractivity contribution in [2.24, 2.45) is 5.41 Å². The van der Waals surface area contributed by atoms with E-state index in [1.165, 1.54) is 0 Å². The second kappa shape index (κ2) is 10.7. The van der Waals surface area contributed by atoms with E-state index in [-0.39, 0.29) is 47.5 Å². The average Bonchev–Trinajstić information content (AvgIpc) is 3.30. The number of anilines is 1. The third-order valence-electron chi connectivity index (χ3n) is 8.68. The summed E-state index contributed by atoms with van der Waals surface area (Å²) in [6.45, 7) is 6.28. The number of ketones is 1. The molecule has 0 unspecified atom stereocenters. The van der Waals surface area contributed by atoms with Gasteiger partial charge >= 0.3 is 0 Å². The first kappa shape index (κ1) is 27.2. The molecule has 2 aliphatic heterocycles. The first-order chi connectivity index (χ1) is 18.6. The molecule has 2 bridgehead atoms. The smallest absolute Gasteiger partial charge is 0.243 e. The molecule has 0 spiro atoms. The molecule has 9 heteroatoms. The minimum atomic E-state index is -0.563. The van der Waals surface area contributed by atoms with Gasteiger partial charge in [0.2, 0.25) is 17.7 Å². The summed E-state index contributed by atoms with van der Waals surface area (Å²) in [6.07, 6.45) is 8.20. The van der Waals surface area contributed by atoms with E-state index in [9.17, 15) is 19.2 Å². The lowest BCUT2D eigenvalue weighted by molar-refractivity contribution is -0.140. The lowest BCUT2D eigenvalue weighted by Crippen LogP contribution is -2.48. The first-order valence-corrected chi connectivity index (χ1v) is 14.4. The van der Waals surface area contributed by atoms with Gasteiger partial charge in [0.1, 0.15) is 12.6 Å². The van der Waals surface area contributed by atoms with E-state index in [2.05, 4.69) is 35.9 Å². The number of carbonyl (C=O) groups is 4. The molecule has 3 atom stereocenters. The van der Waals surface area contributed by atoms with Crippen LogP contribution in [0.5, 0.6) is 0 Å². The van der Waals surface area contributed by atoms with Crippen LogP contribution in [-0.2, 0) is 27.3 Å². The molecule has 1 aromatic carbocycles. The average molecular weight is 536 g/mol. The maximum absolute atomic E-state index is 13.9. The highest BCUT2D eigenvalue weighted by molar-refractivity contribution is 6.09. The van der Waals surface area contributed by atoms with Gasteiger partial charge in [0.25, 0.3) is 0 Å². The van der Waals surface area contributed by atoms with Crippen molar-refractivity contribution in [2.75, 3.05) is 18.9 Å². The van der Waals surface area contributed by atoms with Gasteiger partial charge in [0.05, 0.1) is 5.52 Å². The Balaban J connectivity index is 1.57. The fraction of sp³-hybridized carbons (Fsp3) is 0.600. The van der Waals surface area contributed by atoms with Crippen molar-refractivity contribution in [3.05, 3.63) is 29.5 Å². The van der Waals surface area contributed by atoms with Gasteiger partial charge in [-0.05, 0) is 70.6 Å². The standard InChI is InChI=1S/C30H41N5O4/c1-18(2)33-21-11-20-9-7-5-6-8-10-26(37)32-17-30-13-24(29(39)31-4)35(25(30)14-30)27(38)16-34-15-23(19(3)36)22(12-21)28(20)34/h11-12,15,18,24-25,33H,5-10,13-14,16-17H2,1-4H3,(H,31,39)(H,32,37)/t24-,25+,30-/m0/s1. The van der Waals surface area contributed by atoms with Crippen LogP contribution in [0.1, 0.15) is 81.6 Å². The summed E-state index contributed by atoms with van der Waals surface area (Å²) in [4.78, 5) is 53.8. The van der Waals surface area contributed by atoms with Gasteiger partial charge in [-0.2, -0.15) is 0 Å². The Bertz CT molecular complexity index is 1310. The molecule has 3 aliphatic rings. The number of hydrogen-bond donors (Lipinski definition) is 3. The van der Waals surface area contributed by atoms with Gasteiger partial charge in [0.15, 0.2) is 5.78 Å². The predicted molar refractivity (Wildman–Crippen MR) is 151 cm³/mol. The molecule has 3 amide bonds. The third kappa shape index (κ3) is 5.28. The normalized spacial score (nSPS) is 25.7. The first-order valence-electron chi connectivity index (χ1n) is 14.4. The van der Waals surface area contributed by atoms with Gasteiger partial charge in [-0.25, -0.2) is 0 Å². The van der Waals surface area contributed by atoms with Gasteiger partial charge in [-0.1, -0.05) is 12.8 Å². The molecule has 9 nitrogen and oxygen atoms in total. The Labute approximate surface area is 230 Å². The summed E-state index contributed by atoms with van der Waals surface area (Å²) < 4.78 is 1.92. The highest BCUT2D eigenvalue weighted by atomic mass is 16.2. The minimum Gasteiger partial charge on any atom is -0.383 e. The number of Topliss-reactive ketones (excluding diaryl/α,β-unsaturated/α-hetero) is 1. The van der Waals surface area contributed by atoms with Gasteiger partial charge in [-0.3, -0.25) is 19.2 Å². The molecule has 2 fully saturated rings. The van der Waals surface area contributed by atoms with Crippen LogP contribution in [0, 0.1) is 5.41 Å². The molecule has 2 aromatic rings. The Morgan fingerprint density at radius 1 is 1.08 bits per heavy atom. The summed E-state index contributed by atoms with van der Waals surface area (Å²) in [6, 6.07) is 3.76. The number of aryl methyl sites for hydroxylation is 1. The Hall–Kier alpha value is -3.36. The number of piperidine rings is 1. The lowest BCUT2D eigenvalue weighted by Gasteiger charge is -2.27. The van der Waals surface area contributed by atoms with Crippen LogP contribution in [0.3, 0.4) is 0 Å². The SMILES string of the molecule is CNC(=O)[C@@H]1C[C@]23CNC(=O)CCCCCCc4cc(NC(C)C)cc5c(C(C)=O)cn(c45)CC(=O)N1[C@@H]2C3. The number of hydrogen-bond acceptors (Lipinski definition) is 5. The summed E-state index contributed by atoms with van der Waals surface area (Å²) in [5.74, 6) is -0.307. The molecule has 1 aliphatic carbocycles. The zero-order valence-corrected chi connectivity index (χ0v) is 23.6. The van der Waals surface area contributed by atoms with Crippen LogP contribution >= 0.6 is 0 Å². The van der Waals surface area contributed by atoms with Crippen LogP contribution in [0.2, 0.25) is 0 Å². The van der Waals surface area contributed by atoms with Crippen LogP contribution in [0.15, 0.2) is 18.3 Å².